The Labute approximate surface area is 230 Å². The van der Waals surface area contributed by atoms with Gasteiger partial charge in [-0.1, -0.05) is 23.7 Å². The van der Waals surface area contributed by atoms with Gasteiger partial charge in [-0.15, -0.1) is 0 Å². The van der Waals surface area contributed by atoms with Crippen LogP contribution in [0, 0.1) is 11.2 Å². The SMILES string of the molecule is O=C1C2=CC=C[C@@H](N3CC4(CCN(c5ncc(C(F)(F)F)cc5Cl)CC4)COC3=O)N2C(=O)c2c(F)cccc21. The van der Waals surface area contributed by atoms with Crippen LogP contribution in [0.25, 0.3) is 0 Å². The molecular weight excluding hydrogens is 556 g/mol. The van der Waals surface area contributed by atoms with Crippen molar-refractivity contribution < 1.29 is 36.7 Å². The summed E-state index contributed by atoms with van der Waals surface area (Å²) in [6, 6.07) is 4.69. The van der Waals surface area contributed by atoms with Gasteiger partial charge in [0.1, 0.15) is 24.4 Å². The van der Waals surface area contributed by atoms with E-state index < -0.39 is 46.9 Å². The summed E-state index contributed by atoms with van der Waals surface area (Å²) in [6.45, 7) is 1.05. The summed E-state index contributed by atoms with van der Waals surface area (Å²) in [4.78, 5) is 47.7. The number of Topliss-reactive ketones (excluding diaryl/α,β-unsaturated/α-hetero) is 1. The van der Waals surface area contributed by atoms with E-state index in [1.807, 2.05) is 0 Å². The number of benzene rings is 1. The molecule has 5 heterocycles. The maximum Gasteiger partial charge on any atom is 0.417 e. The Morgan fingerprint density at radius 2 is 1.88 bits per heavy atom. The third kappa shape index (κ3) is 4.21. The minimum atomic E-state index is -4.56. The Kier molecular flexibility index (Phi) is 6.13. The van der Waals surface area contributed by atoms with Crippen molar-refractivity contribution in [1.29, 1.82) is 0 Å². The van der Waals surface area contributed by atoms with Gasteiger partial charge in [0.05, 0.1) is 21.8 Å². The van der Waals surface area contributed by atoms with E-state index in [0.717, 1.165) is 23.2 Å². The number of allylic oxidation sites excluding steroid dienone is 3. The molecule has 1 atom stereocenters. The van der Waals surface area contributed by atoms with E-state index in [-0.39, 0.29) is 40.8 Å². The smallest absolute Gasteiger partial charge is 0.417 e. The first-order chi connectivity index (χ1) is 19.0. The molecule has 0 radical (unpaired) electrons. The van der Waals surface area contributed by atoms with Crippen LogP contribution < -0.4 is 4.90 Å². The number of amides is 2. The van der Waals surface area contributed by atoms with Crippen LogP contribution in [0.3, 0.4) is 0 Å². The third-order valence-electron chi connectivity index (χ3n) is 7.82. The van der Waals surface area contributed by atoms with Gasteiger partial charge in [-0.05, 0) is 43.2 Å². The number of cyclic esters (lactones) is 1. The van der Waals surface area contributed by atoms with Gasteiger partial charge in [-0.25, -0.2) is 14.2 Å². The highest BCUT2D eigenvalue weighted by Crippen LogP contribution is 2.41. The van der Waals surface area contributed by atoms with Gasteiger partial charge in [0, 0.05) is 36.8 Å². The summed E-state index contributed by atoms with van der Waals surface area (Å²) < 4.78 is 59.2. The molecule has 2 amide bonds. The van der Waals surface area contributed by atoms with Crippen LogP contribution in [-0.2, 0) is 10.9 Å². The fourth-order valence-electron chi connectivity index (χ4n) is 5.69. The summed E-state index contributed by atoms with van der Waals surface area (Å²) in [6.07, 6.45) is 0.0482. The van der Waals surface area contributed by atoms with E-state index in [1.165, 1.54) is 23.1 Å². The first kappa shape index (κ1) is 26.3. The molecule has 1 aromatic carbocycles. The lowest BCUT2D eigenvalue weighted by Crippen LogP contribution is -2.62. The number of pyridine rings is 1. The van der Waals surface area contributed by atoms with E-state index in [1.54, 1.807) is 17.1 Å². The predicted molar refractivity (Wildman–Crippen MR) is 134 cm³/mol. The fourth-order valence-corrected chi connectivity index (χ4v) is 5.97. The molecule has 8 nitrogen and oxygen atoms in total. The van der Waals surface area contributed by atoms with E-state index in [0.29, 0.717) is 25.9 Å². The number of piperidine rings is 1. The van der Waals surface area contributed by atoms with Gasteiger partial charge in [0.2, 0.25) is 5.78 Å². The molecule has 0 aliphatic carbocycles. The van der Waals surface area contributed by atoms with Gasteiger partial charge < -0.3 is 9.64 Å². The van der Waals surface area contributed by atoms with Crippen LogP contribution in [0.1, 0.15) is 39.1 Å². The van der Waals surface area contributed by atoms with Gasteiger partial charge >= 0.3 is 12.3 Å². The number of carbonyl (C=O) groups is 3. The molecular formula is C27H21ClF4N4O4. The van der Waals surface area contributed by atoms with Crippen LogP contribution in [-0.4, -0.2) is 65.0 Å². The molecule has 0 saturated carbocycles. The standard InChI is InChI=1S/C27H21ClF4N4O4/c28-17-11-15(27(30,31)32)12-33-23(17)34-9-7-26(8-10-34)13-35(25(39)40-14-26)20-6-2-5-19-22(37)16-3-1-4-18(29)21(16)24(38)36(19)20/h1-6,11-12,20H,7-10,13-14H2/t20-/m0/s1. The second-order valence-corrected chi connectivity index (χ2v) is 10.6. The van der Waals surface area contributed by atoms with Crippen molar-refractivity contribution in [2.24, 2.45) is 5.41 Å². The van der Waals surface area contributed by atoms with Crippen LogP contribution in [0.5, 0.6) is 0 Å². The molecule has 2 aromatic rings. The van der Waals surface area contributed by atoms with E-state index in [9.17, 15) is 31.9 Å². The monoisotopic (exact) mass is 576 g/mol. The average Bonchev–Trinajstić information content (AvgIpc) is 2.93. The summed E-state index contributed by atoms with van der Waals surface area (Å²) in [5.74, 6) is -1.86. The Hall–Kier alpha value is -3.93. The summed E-state index contributed by atoms with van der Waals surface area (Å²) in [5, 5.41) is -0.116. The zero-order chi connectivity index (χ0) is 28.4. The van der Waals surface area contributed by atoms with Gasteiger partial charge in [-0.2, -0.15) is 13.2 Å². The molecule has 4 aliphatic rings. The van der Waals surface area contributed by atoms with Gasteiger partial charge in [-0.3, -0.25) is 19.4 Å². The molecule has 1 aromatic heterocycles. The highest BCUT2D eigenvalue weighted by molar-refractivity contribution is 6.33. The number of nitrogens with zero attached hydrogens (tertiary/aromatic N) is 4. The number of anilines is 1. The maximum absolute atomic E-state index is 14.7. The topological polar surface area (TPSA) is 83.1 Å². The van der Waals surface area contributed by atoms with Gasteiger partial charge in [0.15, 0.2) is 0 Å². The number of fused-ring (bicyclic) bond motifs is 2. The second-order valence-electron chi connectivity index (χ2n) is 10.2. The molecule has 6 rings (SSSR count). The minimum Gasteiger partial charge on any atom is -0.449 e. The molecule has 1 spiro atoms. The second kappa shape index (κ2) is 9.33. The Bertz CT molecular complexity index is 1500. The summed E-state index contributed by atoms with van der Waals surface area (Å²) >= 11 is 6.14. The number of alkyl halides is 3. The molecule has 2 saturated heterocycles. The molecule has 4 aliphatic heterocycles. The number of aromatic nitrogens is 1. The third-order valence-corrected chi connectivity index (χ3v) is 8.10. The molecule has 13 heteroatoms. The van der Waals surface area contributed by atoms with Crippen LogP contribution in [0.4, 0.5) is 28.2 Å². The molecule has 208 valence electrons. The quantitative estimate of drug-likeness (QED) is 0.466. The summed E-state index contributed by atoms with van der Waals surface area (Å²) in [5.41, 5.74) is -1.83. The average molecular weight is 577 g/mol. The lowest BCUT2D eigenvalue weighted by Gasteiger charge is -2.50. The minimum absolute atomic E-state index is 0.0286. The molecule has 0 bridgehead atoms. The fraction of sp³-hybridized carbons (Fsp3) is 0.333. The number of ether oxygens (including phenoxy) is 1. The van der Waals surface area contributed by atoms with E-state index >= 15 is 0 Å². The number of hydrogen-bond acceptors (Lipinski definition) is 6. The Morgan fingerprint density at radius 1 is 1.12 bits per heavy atom. The predicted octanol–water partition coefficient (Wildman–Crippen LogP) is 5.05. The highest BCUT2D eigenvalue weighted by atomic mass is 35.5. The maximum atomic E-state index is 14.7. The van der Waals surface area contributed by atoms with Crippen molar-refractivity contribution in [3.05, 3.63) is 81.9 Å². The van der Waals surface area contributed by atoms with Crippen molar-refractivity contribution in [2.75, 3.05) is 31.1 Å². The van der Waals surface area contributed by atoms with E-state index in [2.05, 4.69) is 4.98 Å². The molecule has 40 heavy (non-hydrogen) atoms. The Balaban J connectivity index is 1.23. The first-order valence-corrected chi connectivity index (χ1v) is 12.8. The van der Waals surface area contributed by atoms with Crippen LogP contribution in [0.15, 0.2) is 54.4 Å². The van der Waals surface area contributed by atoms with Crippen molar-refractivity contribution in [2.45, 2.75) is 25.2 Å². The first-order valence-electron chi connectivity index (χ1n) is 12.5. The lowest BCUT2D eigenvalue weighted by molar-refractivity contribution is -0.137. The lowest BCUT2D eigenvalue weighted by atomic mass is 9.77. The molecule has 0 unspecified atom stereocenters. The number of hydrogen-bond donors (Lipinski definition) is 0. The van der Waals surface area contributed by atoms with Crippen molar-refractivity contribution >= 4 is 35.2 Å². The van der Waals surface area contributed by atoms with Gasteiger partial charge in [0.25, 0.3) is 5.91 Å². The number of ketones is 1. The number of carbonyl (C=O) groups excluding carboxylic acids is 3. The zero-order valence-corrected chi connectivity index (χ0v) is 21.5. The highest BCUT2D eigenvalue weighted by Gasteiger charge is 2.49. The Morgan fingerprint density at radius 3 is 2.58 bits per heavy atom. The largest absolute Gasteiger partial charge is 0.449 e. The molecule has 0 N–H and O–H groups in total. The normalized spacial score (nSPS) is 22.2. The van der Waals surface area contributed by atoms with Crippen LogP contribution in [0.2, 0.25) is 5.02 Å². The van der Waals surface area contributed by atoms with Crippen molar-refractivity contribution in [1.82, 2.24) is 14.8 Å². The number of rotatable bonds is 2. The van der Waals surface area contributed by atoms with Crippen molar-refractivity contribution in [3.63, 3.8) is 0 Å². The molecule has 2 fully saturated rings. The van der Waals surface area contributed by atoms with E-state index in [4.69, 9.17) is 16.3 Å². The zero-order valence-electron chi connectivity index (χ0n) is 20.8. The number of halogens is 5. The summed E-state index contributed by atoms with van der Waals surface area (Å²) in [7, 11) is 0. The van der Waals surface area contributed by atoms with Crippen LogP contribution >= 0.6 is 11.6 Å². The van der Waals surface area contributed by atoms with Crippen molar-refractivity contribution in [3.8, 4) is 0 Å².